The second kappa shape index (κ2) is 8.68. The van der Waals surface area contributed by atoms with E-state index in [0.29, 0.717) is 17.9 Å². The van der Waals surface area contributed by atoms with Crippen LogP contribution in [-0.4, -0.2) is 30.2 Å². The van der Waals surface area contributed by atoms with Crippen molar-refractivity contribution in [3.8, 4) is 5.75 Å². The van der Waals surface area contributed by atoms with Gasteiger partial charge in [0.25, 0.3) is 5.91 Å². The molecule has 1 aromatic heterocycles. The molecule has 1 N–H and O–H groups in total. The van der Waals surface area contributed by atoms with Gasteiger partial charge >= 0.3 is 5.97 Å². The number of hydrogen-bond donors (Lipinski definition) is 1. The minimum Gasteiger partial charge on any atom is -0.496 e. The average molecular weight is 344 g/mol. The quantitative estimate of drug-likeness (QED) is 0.613. The zero-order valence-corrected chi connectivity index (χ0v) is 14.3. The van der Waals surface area contributed by atoms with Crippen LogP contribution in [0.4, 0.5) is 5.82 Å². The zero-order valence-electron chi connectivity index (χ0n) is 14.3. The van der Waals surface area contributed by atoms with Crippen molar-refractivity contribution >= 4 is 23.8 Å². The normalized spacial score (nSPS) is 12.0. The van der Waals surface area contributed by atoms with E-state index in [1.54, 1.807) is 45.2 Å². The summed E-state index contributed by atoms with van der Waals surface area (Å²) in [7, 11) is 1.55. The molecule has 0 radical (unpaired) electrons. The first-order valence-corrected chi connectivity index (χ1v) is 7.79. The molecule has 2 rings (SSSR count). The lowest BCUT2D eigenvalue weighted by atomic mass is 10.2. The van der Waals surface area contributed by atoms with Crippen molar-refractivity contribution in [1.29, 1.82) is 0 Å². The molecule has 0 fully saturated rings. The number of carbonyl (C=O) groups is 2. The summed E-state index contributed by atoms with van der Waals surface area (Å²) in [6.45, 7) is 3.46. The van der Waals surface area contributed by atoms with Crippen LogP contribution in [0.25, 0.3) is 6.08 Å². The van der Waals surface area contributed by atoms with Crippen LogP contribution >= 0.6 is 0 Å². The molecule has 1 aromatic carbocycles. The van der Waals surface area contributed by atoms with Crippen molar-refractivity contribution in [3.63, 3.8) is 0 Å². The lowest BCUT2D eigenvalue weighted by molar-refractivity contribution is -0.149. The Hall–Kier alpha value is -3.09. The maximum Gasteiger partial charge on any atom is 0.331 e. The Morgan fingerprint density at radius 1 is 1.36 bits per heavy atom. The van der Waals surface area contributed by atoms with E-state index in [1.165, 1.54) is 6.08 Å². The van der Waals surface area contributed by atoms with Gasteiger partial charge in [-0.05, 0) is 25.5 Å². The average Bonchev–Trinajstić information content (AvgIpc) is 3.02. The zero-order chi connectivity index (χ0) is 18.2. The third-order valence-electron chi connectivity index (χ3n) is 3.34. The molecule has 25 heavy (non-hydrogen) atoms. The number of ether oxygens (including phenoxy) is 2. The van der Waals surface area contributed by atoms with Crippen molar-refractivity contribution < 1.29 is 23.6 Å². The first kappa shape index (κ1) is 18.3. The number of anilines is 1. The fraction of sp³-hybridized carbons (Fsp3) is 0.278. The van der Waals surface area contributed by atoms with Crippen LogP contribution in [0.1, 0.15) is 24.7 Å². The van der Waals surface area contributed by atoms with Crippen molar-refractivity contribution in [2.24, 2.45) is 0 Å². The van der Waals surface area contributed by atoms with E-state index < -0.39 is 18.0 Å². The Balaban J connectivity index is 1.96. The maximum atomic E-state index is 12.1. The minimum absolute atomic E-state index is 0.279. The molecule has 0 spiro atoms. The topological polar surface area (TPSA) is 90.7 Å². The van der Waals surface area contributed by atoms with Gasteiger partial charge in [-0.25, -0.2) is 4.79 Å². The van der Waals surface area contributed by atoms with Gasteiger partial charge in [0.2, 0.25) is 0 Å². The van der Waals surface area contributed by atoms with Gasteiger partial charge < -0.3 is 19.3 Å². The predicted molar refractivity (Wildman–Crippen MR) is 92.1 cm³/mol. The number of rotatable bonds is 7. The molecule has 7 heteroatoms. The Morgan fingerprint density at radius 2 is 2.12 bits per heavy atom. The fourth-order valence-corrected chi connectivity index (χ4v) is 2.10. The second-order valence-corrected chi connectivity index (χ2v) is 5.22. The molecule has 0 aliphatic carbocycles. The van der Waals surface area contributed by atoms with Gasteiger partial charge in [-0.15, -0.1) is 0 Å². The molecule has 1 atom stereocenters. The third-order valence-corrected chi connectivity index (χ3v) is 3.34. The number of benzene rings is 1. The van der Waals surface area contributed by atoms with Crippen LogP contribution in [0, 0.1) is 6.92 Å². The van der Waals surface area contributed by atoms with Gasteiger partial charge in [-0.2, -0.15) is 0 Å². The SMILES string of the molecule is CCC(OC(=O)/C=C/c1ccccc1OC)C(=O)Nc1cc(C)on1. The molecule has 2 aromatic rings. The monoisotopic (exact) mass is 344 g/mol. The summed E-state index contributed by atoms with van der Waals surface area (Å²) in [5.41, 5.74) is 0.734. The highest BCUT2D eigenvalue weighted by Gasteiger charge is 2.21. The molecule has 132 valence electrons. The molecule has 1 heterocycles. The Morgan fingerprint density at radius 3 is 2.76 bits per heavy atom. The highest BCUT2D eigenvalue weighted by molar-refractivity contribution is 5.96. The van der Waals surface area contributed by atoms with Crippen LogP contribution < -0.4 is 10.1 Å². The van der Waals surface area contributed by atoms with Crippen LogP contribution in [0.3, 0.4) is 0 Å². The van der Waals surface area contributed by atoms with E-state index in [-0.39, 0.29) is 5.82 Å². The van der Waals surface area contributed by atoms with E-state index >= 15 is 0 Å². The van der Waals surface area contributed by atoms with E-state index in [9.17, 15) is 9.59 Å². The van der Waals surface area contributed by atoms with Gasteiger partial charge in [0.05, 0.1) is 7.11 Å². The molecular weight excluding hydrogens is 324 g/mol. The number of para-hydroxylation sites is 1. The van der Waals surface area contributed by atoms with Gasteiger partial charge in [-0.1, -0.05) is 30.3 Å². The summed E-state index contributed by atoms with van der Waals surface area (Å²) < 4.78 is 15.3. The van der Waals surface area contributed by atoms with E-state index in [2.05, 4.69) is 10.5 Å². The number of nitrogens with one attached hydrogen (secondary N) is 1. The van der Waals surface area contributed by atoms with Crippen LogP contribution in [0.5, 0.6) is 5.75 Å². The first-order chi connectivity index (χ1) is 12.0. The molecule has 1 amide bonds. The Kier molecular flexibility index (Phi) is 6.33. The summed E-state index contributed by atoms with van der Waals surface area (Å²) in [6.07, 6.45) is 2.24. The summed E-state index contributed by atoms with van der Waals surface area (Å²) in [5.74, 6) is 0.401. The molecule has 0 bridgehead atoms. The summed E-state index contributed by atoms with van der Waals surface area (Å²) in [4.78, 5) is 24.1. The smallest absolute Gasteiger partial charge is 0.331 e. The summed E-state index contributed by atoms with van der Waals surface area (Å²) in [6, 6.07) is 8.83. The van der Waals surface area contributed by atoms with Crippen LogP contribution in [0.15, 0.2) is 40.9 Å². The third kappa shape index (κ3) is 5.20. The number of methoxy groups -OCH3 is 1. The first-order valence-electron chi connectivity index (χ1n) is 7.79. The standard InChI is InChI=1S/C18H20N2O5/c1-4-14(18(22)19-16-11-12(2)25-20-16)24-17(21)10-9-13-7-5-6-8-15(13)23-3/h5-11,14H,4H2,1-3H3,(H,19,20,22)/b10-9+. The number of carbonyl (C=O) groups excluding carboxylic acids is 2. The van der Waals surface area contributed by atoms with E-state index in [4.69, 9.17) is 14.0 Å². The molecule has 0 saturated heterocycles. The molecule has 0 aliphatic rings. The Bertz CT molecular complexity index is 766. The number of hydrogen-bond acceptors (Lipinski definition) is 6. The van der Waals surface area contributed by atoms with Crippen LogP contribution in [-0.2, 0) is 14.3 Å². The van der Waals surface area contributed by atoms with Crippen molar-refractivity contribution in [2.45, 2.75) is 26.4 Å². The Labute approximate surface area is 145 Å². The fourth-order valence-electron chi connectivity index (χ4n) is 2.10. The van der Waals surface area contributed by atoms with Crippen molar-refractivity contribution in [2.75, 3.05) is 12.4 Å². The van der Waals surface area contributed by atoms with Crippen molar-refractivity contribution in [1.82, 2.24) is 5.16 Å². The van der Waals surface area contributed by atoms with Crippen molar-refractivity contribution in [3.05, 3.63) is 47.7 Å². The predicted octanol–water partition coefficient (Wildman–Crippen LogP) is 2.97. The van der Waals surface area contributed by atoms with E-state index in [0.717, 1.165) is 5.56 Å². The maximum absolute atomic E-state index is 12.1. The largest absolute Gasteiger partial charge is 0.496 e. The van der Waals surface area contributed by atoms with Gasteiger partial charge in [0.1, 0.15) is 11.5 Å². The van der Waals surface area contributed by atoms with Gasteiger partial charge in [-0.3, -0.25) is 4.79 Å². The number of nitrogens with zero attached hydrogens (tertiary/aromatic N) is 1. The molecular formula is C18H20N2O5. The highest BCUT2D eigenvalue weighted by Crippen LogP contribution is 2.18. The lowest BCUT2D eigenvalue weighted by Gasteiger charge is -2.13. The molecule has 0 saturated carbocycles. The number of amides is 1. The van der Waals surface area contributed by atoms with Gasteiger partial charge in [0.15, 0.2) is 11.9 Å². The van der Waals surface area contributed by atoms with Crippen LogP contribution in [0.2, 0.25) is 0 Å². The second-order valence-electron chi connectivity index (χ2n) is 5.22. The number of aromatic nitrogens is 1. The molecule has 1 unspecified atom stereocenters. The summed E-state index contributed by atoms with van der Waals surface area (Å²) in [5, 5.41) is 6.22. The highest BCUT2D eigenvalue weighted by atomic mass is 16.5. The minimum atomic E-state index is -0.924. The van der Waals surface area contributed by atoms with E-state index in [1.807, 2.05) is 12.1 Å². The number of esters is 1. The number of aryl methyl sites for hydroxylation is 1. The summed E-state index contributed by atoms with van der Waals surface area (Å²) >= 11 is 0. The molecule has 0 aliphatic heterocycles. The lowest BCUT2D eigenvalue weighted by Crippen LogP contribution is -2.31. The molecule has 7 nitrogen and oxygen atoms in total. The van der Waals surface area contributed by atoms with Gasteiger partial charge in [0, 0.05) is 17.7 Å².